The number of carbonyl (C=O) groups is 1. The summed E-state index contributed by atoms with van der Waals surface area (Å²) in [5.41, 5.74) is 0.926. The van der Waals surface area contributed by atoms with Gasteiger partial charge in [-0.05, 0) is 29.8 Å². The minimum atomic E-state index is -0.805. The van der Waals surface area contributed by atoms with Gasteiger partial charge in [-0.15, -0.1) is 0 Å². The van der Waals surface area contributed by atoms with Crippen molar-refractivity contribution in [1.29, 1.82) is 0 Å². The van der Waals surface area contributed by atoms with Gasteiger partial charge in [0.1, 0.15) is 11.6 Å². The smallest absolute Gasteiger partial charge is 0.238 e. The van der Waals surface area contributed by atoms with Crippen molar-refractivity contribution in [3.63, 3.8) is 0 Å². The van der Waals surface area contributed by atoms with Gasteiger partial charge in [0.2, 0.25) is 5.91 Å². The van der Waals surface area contributed by atoms with E-state index in [1.165, 1.54) is 6.07 Å². The van der Waals surface area contributed by atoms with Gasteiger partial charge >= 0.3 is 0 Å². The first-order valence-corrected chi connectivity index (χ1v) is 6.62. The summed E-state index contributed by atoms with van der Waals surface area (Å²) in [6.45, 7) is 0.496. The van der Waals surface area contributed by atoms with Crippen LogP contribution in [0.5, 0.6) is 0 Å². The average Bonchev–Trinajstić information content (AvgIpc) is 2.44. The molecule has 21 heavy (non-hydrogen) atoms. The molecule has 2 rings (SSSR count). The Morgan fingerprint density at radius 3 is 2.48 bits per heavy atom. The lowest BCUT2D eigenvalue weighted by Crippen LogP contribution is -2.28. The van der Waals surface area contributed by atoms with E-state index in [-0.39, 0.29) is 12.2 Å². The van der Waals surface area contributed by atoms with Gasteiger partial charge in [-0.1, -0.05) is 23.7 Å². The van der Waals surface area contributed by atoms with Crippen molar-refractivity contribution in [1.82, 2.24) is 5.32 Å². The number of nitrogens with one attached hydrogen (secondary N) is 2. The molecule has 0 saturated carbocycles. The highest BCUT2D eigenvalue weighted by Gasteiger charge is 2.07. The van der Waals surface area contributed by atoms with E-state index in [0.29, 0.717) is 11.6 Å². The van der Waals surface area contributed by atoms with Gasteiger partial charge in [0, 0.05) is 17.6 Å². The van der Waals surface area contributed by atoms with E-state index in [2.05, 4.69) is 10.6 Å². The van der Waals surface area contributed by atoms with Crippen molar-refractivity contribution < 1.29 is 13.6 Å². The third-order valence-corrected chi connectivity index (χ3v) is 2.99. The van der Waals surface area contributed by atoms with Crippen molar-refractivity contribution in [2.45, 2.75) is 6.54 Å². The minimum absolute atomic E-state index is 0.0133. The third kappa shape index (κ3) is 4.81. The fraction of sp³-hybridized carbons (Fsp3) is 0.133. The summed E-state index contributed by atoms with van der Waals surface area (Å²) in [5.74, 6) is -1.90. The first kappa shape index (κ1) is 15.4. The first-order chi connectivity index (χ1) is 10.0. The van der Waals surface area contributed by atoms with E-state index in [1.54, 1.807) is 12.1 Å². The number of anilines is 1. The molecule has 0 aliphatic carbocycles. The lowest BCUT2D eigenvalue weighted by molar-refractivity contribution is -0.115. The first-order valence-electron chi connectivity index (χ1n) is 6.24. The van der Waals surface area contributed by atoms with Crippen LogP contribution in [0.1, 0.15) is 5.56 Å². The Labute approximate surface area is 125 Å². The molecule has 2 N–H and O–H groups in total. The number of amides is 1. The Morgan fingerprint density at radius 2 is 1.81 bits per heavy atom. The predicted molar refractivity (Wildman–Crippen MR) is 78.1 cm³/mol. The van der Waals surface area contributed by atoms with E-state index in [9.17, 15) is 13.6 Å². The molecule has 0 unspecified atom stereocenters. The van der Waals surface area contributed by atoms with Crippen LogP contribution in [0.2, 0.25) is 5.02 Å². The van der Waals surface area contributed by atoms with Crippen molar-refractivity contribution in [3.8, 4) is 0 Å². The van der Waals surface area contributed by atoms with Crippen molar-refractivity contribution >= 4 is 23.2 Å². The van der Waals surface area contributed by atoms with Crippen LogP contribution >= 0.6 is 11.6 Å². The van der Waals surface area contributed by atoms with Crippen LogP contribution in [0.4, 0.5) is 14.5 Å². The Kier molecular flexibility index (Phi) is 5.25. The fourth-order valence-corrected chi connectivity index (χ4v) is 1.83. The summed E-state index contributed by atoms with van der Waals surface area (Å²) >= 11 is 5.77. The Morgan fingerprint density at radius 1 is 1.10 bits per heavy atom. The minimum Gasteiger partial charge on any atom is -0.322 e. The summed E-state index contributed by atoms with van der Waals surface area (Å²) in [7, 11) is 0. The lowest BCUT2D eigenvalue weighted by atomic mass is 10.2. The highest BCUT2D eigenvalue weighted by molar-refractivity contribution is 6.30. The van der Waals surface area contributed by atoms with E-state index >= 15 is 0 Å². The van der Waals surface area contributed by atoms with E-state index < -0.39 is 17.5 Å². The summed E-state index contributed by atoms with van der Waals surface area (Å²) in [5, 5.41) is 5.93. The second-order valence-corrected chi connectivity index (χ2v) is 4.84. The van der Waals surface area contributed by atoms with Crippen LogP contribution < -0.4 is 10.6 Å². The Balaban J connectivity index is 1.81. The number of hydrogen-bond donors (Lipinski definition) is 2. The van der Waals surface area contributed by atoms with E-state index in [1.807, 2.05) is 12.1 Å². The van der Waals surface area contributed by atoms with Gasteiger partial charge in [-0.25, -0.2) is 8.78 Å². The Hall–Kier alpha value is -1.98. The van der Waals surface area contributed by atoms with Crippen LogP contribution in [0.15, 0.2) is 42.5 Å². The fourth-order valence-electron chi connectivity index (χ4n) is 1.71. The second-order valence-electron chi connectivity index (χ2n) is 4.40. The molecule has 1 amide bonds. The number of rotatable bonds is 5. The topological polar surface area (TPSA) is 41.1 Å². The monoisotopic (exact) mass is 310 g/mol. The standard InChI is InChI=1S/C15H13ClF2N2O/c16-11-3-1-10(2-4-11)8-19-9-15(21)20-14-6-5-12(17)7-13(14)18/h1-7,19H,8-9H2,(H,20,21). The normalized spacial score (nSPS) is 10.4. The number of halogens is 3. The van der Waals surface area contributed by atoms with Crippen molar-refractivity contribution in [3.05, 3.63) is 64.7 Å². The second kappa shape index (κ2) is 7.15. The predicted octanol–water partition coefficient (Wildman–Crippen LogP) is 3.35. The van der Waals surface area contributed by atoms with Gasteiger partial charge < -0.3 is 10.6 Å². The molecule has 0 radical (unpaired) electrons. The van der Waals surface area contributed by atoms with Crippen LogP contribution in [0.25, 0.3) is 0 Å². The molecular formula is C15H13ClF2N2O. The van der Waals surface area contributed by atoms with E-state index in [0.717, 1.165) is 17.7 Å². The molecule has 3 nitrogen and oxygen atoms in total. The Bertz CT molecular complexity index is 632. The molecule has 2 aromatic rings. The SMILES string of the molecule is O=C(CNCc1ccc(Cl)cc1)Nc1ccc(F)cc1F. The molecule has 0 spiro atoms. The summed E-state index contributed by atoms with van der Waals surface area (Å²) < 4.78 is 26.1. The number of carbonyl (C=O) groups excluding carboxylic acids is 1. The number of benzene rings is 2. The highest BCUT2D eigenvalue weighted by Crippen LogP contribution is 2.14. The molecular weight excluding hydrogens is 298 g/mol. The summed E-state index contributed by atoms with van der Waals surface area (Å²) in [4.78, 5) is 11.6. The van der Waals surface area contributed by atoms with Crippen molar-refractivity contribution in [2.24, 2.45) is 0 Å². The molecule has 0 fully saturated rings. The van der Waals surface area contributed by atoms with E-state index in [4.69, 9.17) is 11.6 Å². The van der Waals surface area contributed by atoms with Crippen LogP contribution in [0, 0.1) is 11.6 Å². The van der Waals surface area contributed by atoms with Gasteiger partial charge in [0.05, 0.1) is 12.2 Å². The van der Waals surface area contributed by atoms with Crippen molar-refractivity contribution in [2.75, 3.05) is 11.9 Å². The molecule has 6 heteroatoms. The van der Waals surface area contributed by atoms with Gasteiger partial charge in [-0.2, -0.15) is 0 Å². The quantitative estimate of drug-likeness (QED) is 0.889. The van der Waals surface area contributed by atoms with Gasteiger partial charge in [0.25, 0.3) is 0 Å². The molecule has 0 bridgehead atoms. The molecule has 0 heterocycles. The molecule has 0 aromatic heterocycles. The zero-order valence-electron chi connectivity index (χ0n) is 11.0. The molecule has 110 valence electrons. The molecule has 2 aromatic carbocycles. The molecule has 0 atom stereocenters. The van der Waals surface area contributed by atoms with Crippen LogP contribution in [-0.2, 0) is 11.3 Å². The summed E-state index contributed by atoms with van der Waals surface area (Å²) in [6, 6.07) is 10.2. The largest absolute Gasteiger partial charge is 0.322 e. The maximum atomic E-state index is 13.3. The maximum absolute atomic E-state index is 13.3. The third-order valence-electron chi connectivity index (χ3n) is 2.73. The zero-order chi connectivity index (χ0) is 15.2. The summed E-state index contributed by atoms with van der Waals surface area (Å²) in [6.07, 6.45) is 0. The van der Waals surface area contributed by atoms with Crippen LogP contribution in [-0.4, -0.2) is 12.5 Å². The molecule has 0 saturated heterocycles. The number of hydrogen-bond acceptors (Lipinski definition) is 2. The molecule has 0 aliphatic heterocycles. The lowest BCUT2D eigenvalue weighted by Gasteiger charge is -2.08. The van der Waals surface area contributed by atoms with Crippen LogP contribution in [0.3, 0.4) is 0 Å². The average molecular weight is 311 g/mol. The molecule has 0 aliphatic rings. The van der Waals surface area contributed by atoms with Gasteiger partial charge in [0.15, 0.2) is 0 Å². The zero-order valence-corrected chi connectivity index (χ0v) is 11.8. The van der Waals surface area contributed by atoms with Gasteiger partial charge in [-0.3, -0.25) is 4.79 Å². The highest BCUT2D eigenvalue weighted by atomic mass is 35.5. The maximum Gasteiger partial charge on any atom is 0.238 e.